The molecule has 1 amide bonds. The van der Waals surface area contributed by atoms with Crippen LogP contribution in [0.4, 0.5) is 17.1 Å². The minimum absolute atomic E-state index is 0.0211. The topological polar surface area (TPSA) is 169 Å². The maximum absolute atomic E-state index is 12.5. The number of benzene rings is 3. The van der Waals surface area contributed by atoms with Gasteiger partial charge < -0.3 is 16.0 Å². The highest BCUT2D eigenvalue weighted by atomic mass is 16.6. The number of carbonyl (C=O) groups excluding carboxylic acids is 1. The fourth-order valence-electron chi connectivity index (χ4n) is 3.81. The van der Waals surface area contributed by atoms with Gasteiger partial charge in [-0.25, -0.2) is 0 Å². The average molecular weight is 502 g/mol. The molecule has 0 fully saturated rings. The maximum atomic E-state index is 12.5. The molecule has 3 aromatic rings. The number of nitro groups is 2. The Kier molecular flexibility index (Phi) is 6.91. The Hall–Kier alpha value is -5.13. The fourth-order valence-corrected chi connectivity index (χ4v) is 3.81. The molecule has 37 heavy (non-hydrogen) atoms. The predicted molar refractivity (Wildman–Crippen MR) is 139 cm³/mol. The molecule has 0 saturated carbocycles. The standard InChI is InChI=1S/C17H16N4O3.C8H7N3O2/c1-20(2)13-5-3-4-11(8-13)17(22)19-16-15-9-14(21(23)24)7-6-12(15)10-18-16;9-8-7-3-6(11(12)13)2-1-5(7)4-10-8/h3-9H,10H2,1-2H3,(H,18,19,22);1-3H,4H2,(H2,9,10). The van der Waals surface area contributed by atoms with Crippen LogP contribution in [0.2, 0.25) is 0 Å². The van der Waals surface area contributed by atoms with Gasteiger partial charge in [-0.15, -0.1) is 0 Å². The molecule has 12 heteroatoms. The Morgan fingerprint density at radius 3 is 2.11 bits per heavy atom. The first kappa shape index (κ1) is 25.0. The van der Waals surface area contributed by atoms with Crippen molar-refractivity contribution in [1.82, 2.24) is 5.32 Å². The molecular formula is C25H23N7O5. The molecule has 0 radical (unpaired) electrons. The van der Waals surface area contributed by atoms with E-state index in [2.05, 4.69) is 15.3 Å². The van der Waals surface area contributed by atoms with Gasteiger partial charge in [0, 0.05) is 60.7 Å². The van der Waals surface area contributed by atoms with Crippen molar-refractivity contribution in [1.29, 1.82) is 0 Å². The summed E-state index contributed by atoms with van der Waals surface area (Å²) in [4.78, 5) is 43.1. The summed E-state index contributed by atoms with van der Waals surface area (Å²) >= 11 is 0. The zero-order valence-corrected chi connectivity index (χ0v) is 20.0. The second-order valence-electron chi connectivity index (χ2n) is 8.46. The summed E-state index contributed by atoms with van der Waals surface area (Å²) in [5, 5.41) is 24.1. The molecule has 3 N–H and O–H groups in total. The van der Waals surface area contributed by atoms with Gasteiger partial charge in [0.05, 0.1) is 22.9 Å². The van der Waals surface area contributed by atoms with Crippen LogP contribution >= 0.6 is 0 Å². The first-order valence-corrected chi connectivity index (χ1v) is 11.1. The molecule has 5 rings (SSSR count). The van der Waals surface area contributed by atoms with Crippen molar-refractivity contribution < 1.29 is 14.6 Å². The molecule has 188 valence electrons. The zero-order chi connectivity index (χ0) is 26.7. The summed E-state index contributed by atoms with van der Waals surface area (Å²) in [5.74, 6) is 0.462. The lowest BCUT2D eigenvalue weighted by molar-refractivity contribution is -0.385. The third-order valence-corrected chi connectivity index (χ3v) is 5.82. The summed E-state index contributed by atoms with van der Waals surface area (Å²) in [6, 6.07) is 16.4. The highest BCUT2D eigenvalue weighted by Gasteiger charge is 2.22. The van der Waals surface area contributed by atoms with E-state index in [9.17, 15) is 25.0 Å². The largest absolute Gasteiger partial charge is 0.383 e. The number of anilines is 1. The molecule has 2 aliphatic heterocycles. The number of fused-ring (bicyclic) bond motifs is 2. The lowest BCUT2D eigenvalue weighted by Gasteiger charge is -2.13. The number of nitrogens with two attached hydrogens (primary N) is 1. The summed E-state index contributed by atoms with van der Waals surface area (Å²) in [5.41, 5.74) is 10.1. The van der Waals surface area contributed by atoms with Gasteiger partial charge >= 0.3 is 0 Å². The van der Waals surface area contributed by atoms with Gasteiger partial charge in [-0.3, -0.25) is 35.0 Å². The highest BCUT2D eigenvalue weighted by Crippen LogP contribution is 2.24. The van der Waals surface area contributed by atoms with Crippen LogP contribution in [0.3, 0.4) is 0 Å². The normalized spacial score (nSPS) is 12.8. The number of hydrogen-bond donors (Lipinski definition) is 2. The number of amidine groups is 2. The second-order valence-corrected chi connectivity index (χ2v) is 8.46. The number of nitro benzene ring substituents is 2. The molecule has 0 aromatic heterocycles. The second kappa shape index (κ2) is 10.2. The Labute approximate surface area is 211 Å². The van der Waals surface area contributed by atoms with Crippen molar-refractivity contribution in [2.75, 3.05) is 19.0 Å². The van der Waals surface area contributed by atoms with E-state index < -0.39 is 9.85 Å². The molecule has 2 heterocycles. The smallest absolute Gasteiger partial charge is 0.270 e. The van der Waals surface area contributed by atoms with Gasteiger partial charge in [0.25, 0.3) is 17.3 Å². The third-order valence-electron chi connectivity index (χ3n) is 5.82. The molecule has 0 bridgehead atoms. The molecule has 3 aromatic carbocycles. The summed E-state index contributed by atoms with van der Waals surface area (Å²) in [7, 11) is 3.79. The van der Waals surface area contributed by atoms with Crippen molar-refractivity contribution in [2.45, 2.75) is 13.1 Å². The van der Waals surface area contributed by atoms with Crippen LogP contribution in [0.15, 0.2) is 70.6 Å². The lowest BCUT2D eigenvalue weighted by atomic mass is 10.1. The summed E-state index contributed by atoms with van der Waals surface area (Å²) < 4.78 is 0. The fraction of sp³-hybridized carbons (Fsp3) is 0.160. The number of non-ortho nitro benzene ring substituents is 2. The SMILES string of the molecule is CN(C)c1cccc(C(=O)NC2=NCc3ccc([N+](=O)[O-])cc32)c1.NC1=NCc2ccc([N+](=O)[O-])cc21. The number of aliphatic imine (C=N–C) groups is 2. The number of rotatable bonds is 4. The van der Waals surface area contributed by atoms with E-state index in [1.54, 1.807) is 30.3 Å². The van der Waals surface area contributed by atoms with Crippen LogP contribution in [0.25, 0.3) is 0 Å². The van der Waals surface area contributed by atoms with Crippen molar-refractivity contribution in [3.63, 3.8) is 0 Å². The van der Waals surface area contributed by atoms with Gasteiger partial charge in [0.2, 0.25) is 0 Å². The number of hydrogen-bond acceptors (Lipinski definition) is 9. The quantitative estimate of drug-likeness (QED) is 0.408. The van der Waals surface area contributed by atoms with Gasteiger partial charge in [0.1, 0.15) is 11.7 Å². The van der Waals surface area contributed by atoms with Gasteiger partial charge in [-0.05, 0) is 41.5 Å². The van der Waals surface area contributed by atoms with E-state index >= 15 is 0 Å². The molecule has 0 aliphatic carbocycles. The Morgan fingerprint density at radius 1 is 0.892 bits per heavy atom. The van der Waals surface area contributed by atoms with E-state index in [4.69, 9.17) is 5.73 Å². The minimum Gasteiger partial charge on any atom is -0.383 e. The summed E-state index contributed by atoms with van der Waals surface area (Å²) in [6.45, 7) is 0.930. The van der Waals surface area contributed by atoms with Crippen LogP contribution < -0.4 is 16.0 Å². The van der Waals surface area contributed by atoms with E-state index in [0.29, 0.717) is 41.5 Å². The van der Waals surface area contributed by atoms with Crippen molar-refractivity contribution >= 4 is 34.6 Å². The number of carbonyl (C=O) groups is 1. The number of nitrogens with one attached hydrogen (secondary N) is 1. The Morgan fingerprint density at radius 2 is 1.49 bits per heavy atom. The van der Waals surface area contributed by atoms with Gasteiger partial charge in [-0.1, -0.05) is 6.07 Å². The first-order valence-electron chi connectivity index (χ1n) is 11.1. The molecule has 0 saturated heterocycles. The zero-order valence-electron chi connectivity index (χ0n) is 20.0. The van der Waals surface area contributed by atoms with E-state index in [0.717, 1.165) is 16.8 Å². The monoisotopic (exact) mass is 501 g/mol. The maximum Gasteiger partial charge on any atom is 0.270 e. The molecule has 0 atom stereocenters. The molecule has 0 spiro atoms. The number of amides is 1. The van der Waals surface area contributed by atoms with E-state index in [1.807, 2.05) is 25.1 Å². The van der Waals surface area contributed by atoms with Crippen molar-refractivity contribution in [3.8, 4) is 0 Å². The van der Waals surface area contributed by atoms with Crippen molar-refractivity contribution in [2.24, 2.45) is 15.7 Å². The predicted octanol–water partition coefficient (Wildman–Crippen LogP) is 3.16. The molecule has 12 nitrogen and oxygen atoms in total. The van der Waals surface area contributed by atoms with Gasteiger partial charge in [-0.2, -0.15) is 0 Å². The summed E-state index contributed by atoms with van der Waals surface area (Å²) in [6.07, 6.45) is 0. The molecule has 2 aliphatic rings. The Balaban J connectivity index is 0.000000207. The van der Waals surface area contributed by atoms with Gasteiger partial charge in [0.15, 0.2) is 0 Å². The van der Waals surface area contributed by atoms with Crippen LogP contribution in [0.1, 0.15) is 32.6 Å². The third kappa shape index (κ3) is 5.42. The average Bonchev–Trinajstić information content (AvgIpc) is 3.46. The van der Waals surface area contributed by atoms with Crippen LogP contribution in [-0.2, 0) is 13.1 Å². The first-order chi connectivity index (χ1) is 17.6. The molecular weight excluding hydrogens is 478 g/mol. The van der Waals surface area contributed by atoms with Crippen LogP contribution in [0, 0.1) is 20.2 Å². The van der Waals surface area contributed by atoms with E-state index in [-0.39, 0.29) is 17.3 Å². The minimum atomic E-state index is -0.460. The van der Waals surface area contributed by atoms with Crippen LogP contribution in [0.5, 0.6) is 0 Å². The molecule has 0 unspecified atom stereocenters. The highest BCUT2D eigenvalue weighted by molar-refractivity contribution is 6.14. The Bertz CT molecular complexity index is 1480. The van der Waals surface area contributed by atoms with Crippen LogP contribution in [-0.4, -0.2) is 41.5 Å². The van der Waals surface area contributed by atoms with E-state index in [1.165, 1.54) is 24.3 Å². The number of nitrogens with zero attached hydrogens (tertiary/aromatic N) is 5. The van der Waals surface area contributed by atoms with Crippen molar-refractivity contribution in [3.05, 3.63) is 109 Å². The lowest BCUT2D eigenvalue weighted by Crippen LogP contribution is -2.30.